The molecule has 0 saturated carbocycles. The van der Waals surface area contributed by atoms with Crippen LogP contribution in [0.25, 0.3) is 0 Å². The van der Waals surface area contributed by atoms with Crippen LogP contribution in [0, 0.1) is 0 Å². The minimum atomic E-state index is -0.618. The van der Waals surface area contributed by atoms with E-state index >= 15 is 0 Å². The van der Waals surface area contributed by atoms with E-state index in [-0.39, 0.29) is 24.3 Å². The summed E-state index contributed by atoms with van der Waals surface area (Å²) < 4.78 is 10.4. The summed E-state index contributed by atoms with van der Waals surface area (Å²) in [5, 5.41) is 0. The fourth-order valence-corrected chi connectivity index (χ4v) is 4.07. The Labute approximate surface area is 171 Å². The molecule has 3 rings (SSSR count). The molecule has 29 heavy (non-hydrogen) atoms. The highest BCUT2D eigenvalue weighted by atomic mass is 16.6. The second kappa shape index (κ2) is 8.43. The van der Waals surface area contributed by atoms with Gasteiger partial charge in [-0.1, -0.05) is 24.3 Å². The Bertz CT molecular complexity index is 786. The van der Waals surface area contributed by atoms with Crippen LogP contribution in [0.15, 0.2) is 24.3 Å². The fourth-order valence-electron chi connectivity index (χ4n) is 4.07. The van der Waals surface area contributed by atoms with Gasteiger partial charge in [0.15, 0.2) is 0 Å². The Morgan fingerprint density at radius 3 is 2.45 bits per heavy atom. The highest BCUT2D eigenvalue weighted by Gasteiger charge is 2.39. The minimum absolute atomic E-state index is 0.129. The van der Waals surface area contributed by atoms with Gasteiger partial charge in [-0.2, -0.15) is 0 Å². The number of esters is 1. The predicted molar refractivity (Wildman–Crippen MR) is 107 cm³/mol. The fraction of sp³-hybridized carbons (Fsp3) is 0.591. The molecule has 7 heteroatoms. The summed E-state index contributed by atoms with van der Waals surface area (Å²) in [4.78, 5) is 41.2. The molecule has 2 aliphatic heterocycles. The van der Waals surface area contributed by atoms with E-state index in [1.807, 2.05) is 45.0 Å². The summed E-state index contributed by atoms with van der Waals surface area (Å²) >= 11 is 0. The molecule has 0 spiro atoms. The molecule has 0 aromatic heterocycles. The van der Waals surface area contributed by atoms with Crippen LogP contribution < -0.4 is 0 Å². The zero-order valence-corrected chi connectivity index (χ0v) is 17.6. The third-order valence-electron chi connectivity index (χ3n) is 5.44. The third kappa shape index (κ3) is 4.89. The SMILES string of the molecule is COC(=O)[C@H]1CCCN1C(=O)C[C@H]1Cc2ccccc2CN1C(=O)OC(C)(C)C. The Balaban J connectivity index is 1.79. The van der Waals surface area contributed by atoms with Gasteiger partial charge in [0.25, 0.3) is 0 Å². The number of likely N-dealkylation sites (tertiary alicyclic amines) is 1. The number of hydrogen-bond acceptors (Lipinski definition) is 5. The van der Waals surface area contributed by atoms with Crippen LogP contribution in [0.3, 0.4) is 0 Å². The lowest BCUT2D eigenvalue weighted by molar-refractivity contribution is -0.151. The maximum absolute atomic E-state index is 13.0. The standard InChI is InChI=1S/C22H30N2O5/c1-22(2,3)29-21(27)24-14-16-9-6-5-8-15(16)12-17(24)13-19(25)23-11-7-10-18(23)20(26)28-4/h5-6,8-9,17-18H,7,10-14H2,1-4H3/t17-,18-/m1/s1. The number of benzene rings is 1. The van der Waals surface area contributed by atoms with Gasteiger partial charge in [-0.3, -0.25) is 4.79 Å². The van der Waals surface area contributed by atoms with Crippen molar-refractivity contribution in [3.05, 3.63) is 35.4 Å². The first-order valence-corrected chi connectivity index (χ1v) is 10.1. The number of hydrogen-bond donors (Lipinski definition) is 0. The predicted octanol–water partition coefficient (Wildman–Crippen LogP) is 2.90. The molecule has 158 valence electrons. The van der Waals surface area contributed by atoms with E-state index in [0.717, 1.165) is 17.5 Å². The van der Waals surface area contributed by atoms with Crippen molar-refractivity contribution in [1.29, 1.82) is 0 Å². The van der Waals surface area contributed by atoms with Crippen molar-refractivity contribution in [3.63, 3.8) is 0 Å². The topological polar surface area (TPSA) is 76.2 Å². The number of carbonyl (C=O) groups is 3. The van der Waals surface area contributed by atoms with Crippen LogP contribution in [0.2, 0.25) is 0 Å². The summed E-state index contributed by atoms with van der Waals surface area (Å²) in [6.07, 6.45) is 1.70. The van der Waals surface area contributed by atoms with Crippen LogP contribution in [-0.4, -0.2) is 59.1 Å². The molecule has 0 radical (unpaired) electrons. The van der Waals surface area contributed by atoms with Crippen molar-refractivity contribution >= 4 is 18.0 Å². The van der Waals surface area contributed by atoms with E-state index in [4.69, 9.17) is 9.47 Å². The lowest BCUT2D eigenvalue weighted by Gasteiger charge is -2.38. The van der Waals surface area contributed by atoms with Gasteiger partial charge in [0, 0.05) is 25.6 Å². The molecule has 2 aliphatic rings. The zero-order valence-electron chi connectivity index (χ0n) is 17.6. The molecule has 1 fully saturated rings. The zero-order chi connectivity index (χ0) is 21.2. The molecule has 1 saturated heterocycles. The molecule has 1 aromatic rings. The molecule has 1 aromatic carbocycles. The molecule has 2 heterocycles. The highest BCUT2D eigenvalue weighted by Crippen LogP contribution is 2.28. The van der Waals surface area contributed by atoms with Crippen LogP contribution in [0.4, 0.5) is 4.79 Å². The molecule has 2 atom stereocenters. The van der Waals surface area contributed by atoms with Gasteiger partial charge >= 0.3 is 12.1 Å². The first kappa shape index (κ1) is 21.1. The maximum atomic E-state index is 13.0. The van der Waals surface area contributed by atoms with Crippen molar-refractivity contribution in [2.24, 2.45) is 0 Å². The normalized spacial score (nSPS) is 21.5. The van der Waals surface area contributed by atoms with E-state index in [0.29, 0.717) is 25.9 Å². The molecule has 0 aliphatic carbocycles. The quantitative estimate of drug-likeness (QED) is 0.727. The minimum Gasteiger partial charge on any atom is -0.467 e. The number of rotatable bonds is 3. The maximum Gasteiger partial charge on any atom is 0.410 e. The van der Waals surface area contributed by atoms with Gasteiger partial charge in [0.2, 0.25) is 5.91 Å². The Hall–Kier alpha value is -2.57. The summed E-state index contributed by atoms with van der Waals surface area (Å²) in [7, 11) is 1.34. The van der Waals surface area contributed by atoms with Crippen LogP contribution in [0.1, 0.15) is 51.2 Å². The average Bonchev–Trinajstić information content (AvgIpc) is 3.15. The lowest BCUT2D eigenvalue weighted by atomic mass is 9.92. The second-order valence-corrected chi connectivity index (χ2v) is 8.71. The summed E-state index contributed by atoms with van der Waals surface area (Å²) in [6.45, 7) is 6.42. The average molecular weight is 402 g/mol. The van der Waals surface area contributed by atoms with Gasteiger partial charge in [0.1, 0.15) is 11.6 Å². The summed E-state index contributed by atoms with van der Waals surface area (Å²) in [5.74, 6) is -0.510. The first-order valence-electron chi connectivity index (χ1n) is 10.1. The van der Waals surface area contributed by atoms with Gasteiger partial charge in [-0.05, 0) is 51.2 Å². The molecule has 0 bridgehead atoms. The summed E-state index contributed by atoms with van der Waals surface area (Å²) in [6, 6.07) is 7.10. The van der Waals surface area contributed by atoms with Gasteiger partial charge in [-0.15, -0.1) is 0 Å². The third-order valence-corrected chi connectivity index (χ3v) is 5.44. The van der Waals surface area contributed by atoms with E-state index in [9.17, 15) is 14.4 Å². The number of methoxy groups -OCH3 is 1. The first-order chi connectivity index (χ1) is 13.7. The number of nitrogens with zero attached hydrogens (tertiary/aromatic N) is 2. The summed E-state index contributed by atoms with van der Waals surface area (Å²) in [5.41, 5.74) is 1.58. The van der Waals surface area contributed by atoms with E-state index in [1.54, 1.807) is 9.80 Å². The van der Waals surface area contributed by atoms with Crippen molar-refractivity contribution < 1.29 is 23.9 Å². The van der Waals surface area contributed by atoms with E-state index in [2.05, 4.69) is 0 Å². The second-order valence-electron chi connectivity index (χ2n) is 8.71. The Kier molecular flexibility index (Phi) is 6.15. The number of fused-ring (bicyclic) bond motifs is 1. The molecule has 2 amide bonds. The molecular formula is C22H30N2O5. The van der Waals surface area contributed by atoms with Gasteiger partial charge < -0.3 is 19.3 Å². The van der Waals surface area contributed by atoms with Crippen LogP contribution in [-0.2, 0) is 32.0 Å². The molecule has 0 unspecified atom stereocenters. The molecular weight excluding hydrogens is 372 g/mol. The Morgan fingerprint density at radius 1 is 1.10 bits per heavy atom. The van der Waals surface area contributed by atoms with Crippen molar-refractivity contribution in [1.82, 2.24) is 9.80 Å². The monoisotopic (exact) mass is 402 g/mol. The lowest BCUT2D eigenvalue weighted by Crippen LogP contribution is -2.50. The van der Waals surface area contributed by atoms with Crippen molar-refractivity contribution in [3.8, 4) is 0 Å². The van der Waals surface area contributed by atoms with Gasteiger partial charge in [0.05, 0.1) is 7.11 Å². The molecule has 0 N–H and O–H groups in total. The van der Waals surface area contributed by atoms with Crippen molar-refractivity contribution in [2.45, 2.75) is 70.7 Å². The van der Waals surface area contributed by atoms with Crippen LogP contribution >= 0.6 is 0 Å². The molecule has 7 nitrogen and oxygen atoms in total. The Morgan fingerprint density at radius 2 is 1.79 bits per heavy atom. The van der Waals surface area contributed by atoms with E-state index < -0.39 is 17.7 Å². The van der Waals surface area contributed by atoms with Gasteiger partial charge in [-0.25, -0.2) is 9.59 Å². The smallest absolute Gasteiger partial charge is 0.410 e. The highest BCUT2D eigenvalue weighted by molar-refractivity contribution is 5.85. The number of amides is 2. The largest absolute Gasteiger partial charge is 0.467 e. The number of carbonyl (C=O) groups excluding carboxylic acids is 3. The van der Waals surface area contributed by atoms with E-state index in [1.165, 1.54) is 7.11 Å². The van der Waals surface area contributed by atoms with Crippen LogP contribution in [0.5, 0.6) is 0 Å². The van der Waals surface area contributed by atoms with Crippen molar-refractivity contribution in [2.75, 3.05) is 13.7 Å². The number of ether oxygens (including phenoxy) is 2.